The summed E-state index contributed by atoms with van der Waals surface area (Å²) in [5.41, 5.74) is 4.64. The summed E-state index contributed by atoms with van der Waals surface area (Å²) in [7, 11) is 0. The molecule has 1 saturated heterocycles. The molecular formula is C34H36O4S. The van der Waals surface area contributed by atoms with Crippen molar-refractivity contribution in [2.45, 2.75) is 49.1 Å². The normalized spacial score (nSPS) is 20.7. The quantitative estimate of drug-likeness (QED) is 0.171. The molecule has 1 aliphatic heterocycles. The van der Waals surface area contributed by atoms with Crippen molar-refractivity contribution in [3.8, 4) is 0 Å². The van der Waals surface area contributed by atoms with Crippen molar-refractivity contribution in [1.82, 2.24) is 0 Å². The van der Waals surface area contributed by atoms with Gasteiger partial charge in [-0.15, -0.1) is 11.8 Å². The molecule has 0 spiro atoms. The van der Waals surface area contributed by atoms with Gasteiger partial charge < -0.3 is 18.9 Å². The molecule has 0 aromatic heterocycles. The highest BCUT2D eigenvalue weighted by Crippen LogP contribution is 2.39. The van der Waals surface area contributed by atoms with Gasteiger partial charge in [-0.2, -0.15) is 0 Å². The maximum atomic E-state index is 6.62. The van der Waals surface area contributed by atoms with Gasteiger partial charge in [0.25, 0.3) is 0 Å². The largest absolute Gasteiger partial charge is 0.376 e. The number of benzene rings is 4. The zero-order chi connectivity index (χ0) is 26.5. The van der Waals surface area contributed by atoms with Gasteiger partial charge in [-0.1, -0.05) is 121 Å². The van der Waals surface area contributed by atoms with Gasteiger partial charge in [-0.25, -0.2) is 0 Å². The molecule has 0 aliphatic carbocycles. The standard InChI is InChI=1S/C34H36O4S/c1-5-13-27(14-6-1)21-35-25-31-33(37-23-29-17-9-3-10-18-29)34(38-24-30-19-11-4-12-20-30)32(39-31)26-36-22-28-15-7-2-8-16-28/h1-20,31-34H,21-26H2/t31-,32-,33+,34+/m0/s1. The Bertz CT molecular complexity index is 1110. The molecular weight excluding hydrogens is 504 g/mol. The van der Waals surface area contributed by atoms with E-state index < -0.39 is 0 Å². The summed E-state index contributed by atoms with van der Waals surface area (Å²) in [5, 5.41) is 0.257. The van der Waals surface area contributed by atoms with E-state index in [1.807, 2.05) is 84.6 Å². The molecule has 4 nitrogen and oxygen atoms in total. The van der Waals surface area contributed by atoms with Crippen LogP contribution in [0.4, 0.5) is 0 Å². The lowest BCUT2D eigenvalue weighted by atomic mass is 10.1. The van der Waals surface area contributed by atoms with Crippen LogP contribution >= 0.6 is 11.8 Å². The number of ether oxygens (including phenoxy) is 4. The first-order chi connectivity index (χ1) is 19.3. The molecule has 39 heavy (non-hydrogen) atoms. The van der Waals surface area contributed by atoms with Gasteiger partial charge in [-0.05, 0) is 22.3 Å². The number of hydrogen-bond acceptors (Lipinski definition) is 5. The molecule has 0 radical (unpaired) electrons. The summed E-state index contributed by atoms with van der Waals surface area (Å²) < 4.78 is 25.7. The molecule has 1 fully saturated rings. The second-order valence-corrected chi connectivity index (χ2v) is 11.2. The minimum absolute atomic E-state index is 0.125. The van der Waals surface area contributed by atoms with Crippen LogP contribution in [-0.2, 0) is 45.4 Å². The van der Waals surface area contributed by atoms with Gasteiger partial charge in [0.2, 0.25) is 0 Å². The minimum Gasteiger partial charge on any atom is -0.376 e. The first kappa shape index (κ1) is 27.6. The Balaban J connectivity index is 1.29. The van der Waals surface area contributed by atoms with Crippen molar-refractivity contribution in [3.63, 3.8) is 0 Å². The number of thioether (sulfide) groups is 1. The number of rotatable bonds is 14. The zero-order valence-corrected chi connectivity index (χ0v) is 23.0. The van der Waals surface area contributed by atoms with E-state index >= 15 is 0 Å². The first-order valence-corrected chi connectivity index (χ1v) is 14.5. The Kier molecular flexibility index (Phi) is 10.6. The van der Waals surface area contributed by atoms with Crippen LogP contribution in [0.1, 0.15) is 22.3 Å². The summed E-state index contributed by atoms with van der Waals surface area (Å²) in [6, 6.07) is 41.3. The molecule has 5 heteroatoms. The fraction of sp³-hybridized carbons (Fsp3) is 0.294. The lowest BCUT2D eigenvalue weighted by Gasteiger charge is -2.26. The highest BCUT2D eigenvalue weighted by molar-refractivity contribution is 8.01. The molecule has 4 atom stereocenters. The summed E-state index contributed by atoms with van der Waals surface area (Å²) in [5.74, 6) is 0. The number of hydrogen-bond donors (Lipinski definition) is 0. The van der Waals surface area contributed by atoms with Crippen molar-refractivity contribution in [2.75, 3.05) is 13.2 Å². The molecule has 4 aromatic carbocycles. The highest BCUT2D eigenvalue weighted by Gasteiger charge is 2.46. The van der Waals surface area contributed by atoms with Gasteiger partial charge in [0.15, 0.2) is 0 Å². The Morgan fingerprint density at radius 1 is 0.410 bits per heavy atom. The topological polar surface area (TPSA) is 36.9 Å². The summed E-state index contributed by atoms with van der Waals surface area (Å²) >= 11 is 1.87. The van der Waals surface area contributed by atoms with Gasteiger partial charge in [0.1, 0.15) is 0 Å². The molecule has 4 aromatic rings. The fourth-order valence-electron chi connectivity index (χ4n) is 4.74. The summed E-state index contributed by atoms with van der Waals surface area (Å²) in [6.45, 7) is 3.38. The van der Waals surface area contributed by atoms with Crippen molar-refractivity contribution >= 4 is 11.8 Å². The van der Waals surface area contributed by atoms with Crippen molar-refractivity contribution < 1.29 is 18.9 Å². The van der Waals surface area contributed by atoms with E-state index in [9.17, 15) is 0 Å². The van der Waals surface area contributed by atoms with E-state index in [1.54, 1.807) is 0 Å². The Morgan fingerprint density at radius 2 is 0.718 bits per heavy atom. The molecule has 0 N–H and O–H groups in total. The van der Waals surface area contributed by atoms with Gasteiger partial charge in [0.05, 0.1) is 62.3 Å². The predicted molar refractivity (Wildman–Crippen MR) is 157 cm³/mol. The van der Waals surface area contributed by atoms with Crippen LogP contribution in [0.25, 0.3) is 0 Å². The molecule has 0 unspecified atom stereocenters. The average molecular weight is 541 g/mol. The average Bonchev–Trinajstić information content (AvgIpc) is 3.33. The molecule has 1 heterocycles. The van der Waals surface area contributed by atoms with Gasteiger partial charge in [-0.3, -0.25) is 0 Å². The lowest BCUT2D eigenvalue weighted by Crippen LogP contribution is -2.40. The minimum atomic E-state index is -0.125. The van der Waals surface area contributed by atoms with E-state index in [0.29, 0.717) is 39.6 Å². The zero-order valence-electron chi connectivity index (χ0n) is 22.1. The van der Waals surface area contributed by atoms with Crippen LogP contribution in [0.15, 0.2) is 121 Å². The van der Waals surface area contributed by atoms with Gasteiger partial charge in [0, 0.05) is 0 Å². The van der Waals surface area contributed by atoms with E-state index in [1.165, 1.54) is 11.1 Å². The monoisotopic (exact) mass is 540 g/mol. The van der Waals surface area contributed by atoms with E-state index in [2.05, 4.69) is 48.5 Å². The van der Waals surface area contributed by atoms with E-state index in [4.69, 9.17) is 18.9 Å². The van der Waals surface area contributed by atoms with E-state index in [-0.39, 0.29) is 22.7 Å². The molecule has 0 bridgehead atoms. The third-order valence-electron chi connectivity index (χ3n) is 6.76. The fourth-order valence-corrected chi connectivity index (χ4v) is 6.32. The van der Waals surface area contributed by atoms with Crippen LogP contribution in [0.5, 0.6) is 0 Å². The third kappa shape index (κ3) is 8.53. The first-order valence-electron chi connectivity index (χ1n) is 13.5. The van der Waals surface area contributed by atoms with Crippen LogP contribution in [0, 0.1) is 0 Å². The van der Waals surface area contributed by atoms with Crippen LogP contribution in [0.3, 0.4) is 0 Å². The Labute approximate surface area is 236 Å². The van der Waals surface area contributed by atoms with Crippen LogP contribution in [-0.4, -0.2) is 35.9 Å². The highest BCUT2D eigenvalue weighted by atomic mass is 32.2. The lowest BCUT2D eigenvalue weighted by molar-refractivity contribution is -0.0914. The molecule has 5 rings (SSSR count). The summed E-state index contributed by atoms with van der Waals surface area (Å²) in [6.07, 6.45) is -0.250. The van der Waals surface area contributed by atoms with Crippen molar-refractivity contribution in [2.24, 2.45) is 0 Å². The third-order valence-corrected chi connectivity index (χ3v) is 8.27. The molecule has 0 saturated carbocycles. The second-order valence-electron chi connectivity index (χ2n) is 9.74. The van der Waals surface area contributed by atoms with Crippen LogP contribution < -0.4 is 0 Å². The smallest absolute Gasteiger partial charge is 0.0993 e. The second kappa shape index (κ2) is 15.0. The van der Waals surface area contributed by atoms with Crippen LogP contribution in [0.2, 0.25) is 0 Å². The van der Waals surface area contributed by atoms with Crippen molar-refractivity contribution in [1.29, 1.82) is 0 Å². The van der Waals surface area contributed by atoms with Crippen molar-refractivity contribution in [3.05, 3.63) is 144 Å². The van der Waals surface area contributed by atoms with E-state index in [0.717, 1.165) is 11.1 Å². The Hall–Kier alpha value is -2.93. The molecule has 1 aliphatic rings. The SMILES string of the molecule is c1ccc(COC[C@@H]2S[C@@H](COCc3ccccc3)[C@@H](OCc3ccccc3)[C@@H]2OCc2ccccc2)cc1. The molecule has 0 amide bonds. The molecule has 202 valence electrons. The maximum absolute atomic E-state index is 6.62. The maximum Gasteiger partial charge on any atom is 0.0993 e. The summed E-state index contributed by atoms with van der Waals surface area (Å²) in [4.78, 5) is 0. The Morgan fingerprint density at radius 3 is 1.05 bits per heavy atom. The van der Waals surface area contributed by atoms with Gasteiger partial charge >= 0.3 is 0 Å². The predicted octanol–water partition coefficient (Wildman–Crippen LogP) is 7.07.